The van der Waals surface area contributed by atoms with Crippen LogP contribution in [0.4, 0.5) is 0 Å². The summed E-state index contributed by atoms with van der Waals surface area (Å²) in [6, 6.07) is 0. The molecule has 2 N–H and O–H groups in total. The zero-order valence-electron chi connectivity index (χ0n) is 17.0. The summed E-state index contributed by atoms with van der Waals surface area (Å²) in [7, 11) is 6.82. The Balaban J connectivity index is 0.000000533. The van der Waals surface area contributed by atoms with Crippen molar-refractivity contribution in [3.8, 4) is 0 Å². The van der Waals surface area contributed by atoms with E-state index in [1.165, 1.54) is 0 Å². The maximum Gasteiger partial charge on any atom is 0.330 e. The average Bonchev–Trinajstić information content (AvgIpc) is 3.47. The molecule has 0 aromatic heterocycles. The van der Waals surface area contributed by atoms with Gasteiger partial charge in [-0.15, -0.1) is 0 Å². The van der Waals surface area contributed by atoms with Gasteiger partial charge in [-0.25, -0.2) is 9.59 Å². The molecule has 7 nitrogen and oxygen atoms in total. The molecule has 0 bridgehead atoms. The van der Waals surface area contributed by atoms with Crippen LogP contribution in [-0.4, -0.2) is 76.8 Å². The van der Waals surface area contributed by atoms with Gasteiger partial charge >= 0.3 is 11.9 Å². The van der Waals surface area contributed by atoms with Gasteiger partial charge in [0, 0.05) is 40.6 Å². The number of aliphatic hydroxyl groups excluding tert-OH is 2. The first kappa shape index (κ1) is 30.4. The molecule has 31 heavy (non-hydrogen) atoms. The number of halogens is 1. The van der Waals surface area contributed by atoms with Crippen molar-refractivity contribution in [1.82, 2.24) is 0 Å². The van der Waals surface area contributed by atoms with E-state index in [2.05, 4.69) is 19.7 Å². The molecule has 2 rings (SSSR count). The Labute approximate surface area is 203 Å². The summed E-state index contributed by atoms with van der Waals surface area (Å²) in [4.78, 5) is 31.5. The van der Waals surface area contributed by atoms with Crippen molar-refractivity contribution in [2.75, 3.05) is 49.4 Å². The molecule has 176 valence electrons. The highest BCUT2D eigenvalue weighted by atomic mass is 35.5. The molecular weight excluding hydrogens is 504 g/mol. The van der Waals surface area contributed by atoms with E-state index in [1.807, 2.05) is 0 Å². The zero-order chi connectivity index (χ0) is 23.8. The summed E-state index contributed by atoms with van der Waals surface area (Å²) in [5.41, 5.74) is -0.484. The summed E-state index contributed by atoms with van der Waals surface area (Å²) in [5, 5.41) is 17.2. The molecule has 0 spiro atoms. The number of esters is 2. The Bertz CT molecular complexity index is 586. The zero-order valence-corrected chi connectivity index (χ0v) is 21.0. The van der Waals surface area contributed by atoms with E-state index in [-0.39, 0.29) is 37.3 Å². The van der Waals surface area contributed by atoms with Gasteiger partial charge in [0.2, 0.25) is 5.24 Å². The highest BCUT2D eigenvalue weighted by Gasteiger charge is 2.38. The third-order valence-electron chi connectivity index (χ3n) is 3.83. The molecular formula is C19H27ClO7S4. The topological polar surface area (TPSA) is 110 Å². The van der Waals surface area contributed by atoms with Crippen molar-refractivity contribution in [2.24, 2.45) is 10.8 Å². The molecule has 0 radical (unpaired) electrons. The first-order valence-electron chi connectivity index (χ1n) is 8.83. The molecule has 0 saturated carbocycles. The van der Waals surface area contributed by atoms with Gasteiger partial charge in [0.1, 0.15) is 13.2 Å². The fourth-order valence-corrected chi connectivity index (χ4v) is 8.46. The van der Waals surface area contributed by atoms with E-state index < -0.39 is 17.2 Å². The predicted molar refractivity (Wildman–Crippen MR) is 132 cm³/mol. The molecule has 2 fully saturated rings. The minimum Gasteiger partial charge on any atom is -0.462 e. The highest BCUT2D eigenvalue weighted by molar-refractivity contribution is 8.77. The minimum atomic E-state index is -0.509. The molecule has 0 aliphatic carbocycles. The summed E-state index contributed by atoms with van der Waals surface area (Å²) in [6.07, 6.45) is 3.29. The maximum atomic E-state index is 11.0. The lowest BCUT2D eigenvalue weighted by atomic mass is 9.95. The van der Waals surface area contributed by atoms with Crippen LogP contribution in [0, 0.1) is 10.8 Å². The van der Waals surface area contributed by atoms with Crippen molar-refractivity contribution >= 4 is 72.0 Å². The average molecular weight is 531 g/mol. The largest absolute Gasteiger partial charge is 0.462 e. The van der Waals surface area contributed by atoms with Crippen molar-refractivity contribution in [3.05, 3.63) is 38.0 Å². The predicted octanol–water partition coefficient (Wildman–Crippen LogP) is 3.12. The number of aliphatic hydroxyl groups is 2. The molecule has 0 atom stereocenters. The number of carbonyl (C=O) groups excluding carboxylic acids is 3. The van der Waals surface area contributed by atoms with Gasteiger partial charge in [0.15, 0.2) is 0 Å². The molecule has 2 aliphatic rings. The van der Waals surface area contributed by atoms with Gasteiger partial charge in [-0.05, 0) is 17.7 Å². The second kappa shape index (κ2) is 17.0. The quantitative estimate of drug-likeness (QED) is 0.198. The second-order valence-electron chi connectivity index (χ2n) is 6.50. The lowest BCUT2D eigenvalue weighted by molar-refractivity contribution is -0.145. The van der Waals surface area contributed by atoms with Crippen LogP contribution in [0.5, 0.6) is 0 Å². The van der Waals surface area contributed by atoms with E-state index >= 15 is 0 Å². The van der Waals surface area contributed by atoms with Crippen molar-refractivity contribution in [1.29, 1.82) is 0 Å². The van der Waals surface area contributed by atoms with E-state index in [1.54, 1.807) is 43.2 Å². The van der Waals surface area contributed by atoms with Crippen molar-refractivity contribution < 1.29 is 34.1 Å². The SMILES string of the molecule is C=CC(=O)Cl.C=CC(=O)OCC1(COC(=O)C=C)CSSC1.OCC1(CO)CSSC1. The lowest BCUT2D eigenvalue weighted by Gasteiger charge is -2.25. The summed E-state index contributed by atoms with van der Waals surface area (Å²) in [6.45, 7) is 10.4. The number of allylic oxidation sites excluding steroid dienone is 1. The van der Waals surface area contributed by atoms with Crippen LogP contribution in [0.15, 0.2) is 38.0 Å². The highest BCUT2D eigenvalue weighted by Crippen LogP contribution is 2.44. The van der Waals surface area contributed by atoms with Gasteiger partial charge in [-0.3, -0.25) is 4.79 Å². The Morgan fingerprint density at radius 3 is 1.32 bits per heavy atom. The third-order valence-corrected chi connectivity index (χ3v) is 9.66. The van der Waals surface area contributed by atoms with Gasteiger partial charge in [-0.2, -0.15) is 0 Å². The van der Waals surface area contributed by atoms with Crippen LogP contribution in [0.3, 0.4) is 0 Å². The standard InChI is InChI=1S/C11H14O4S2.C5H10O2S2.C3H3ClO/c1-3-9(12)14-5-11(7-16-17-8-11)6-15-10(13)4-2;6-1-5(2-7)3-8-9-4-5;1-2-3(4)5/h3-4H,1-2,5-8H2;6-7H,1-4H2;2H,1H2. The van der Waals surface area contributed by atoms with E-state index in [9.17, 15) is 14.4 Å². The molecule has 0 amide bonds. The van der Waals surface area contributed by atoms with Gasteiger partial charge < -0.3 is 19.7 Å². The van der Waals surface area contributed by atoms with Crippen LogP contribution >= 0.6 is 54.8 Å². The summed E-state index contributed by atoms with van der Waals surface area (Å²) in [5.74, 6) is 2.41. The Morgan fingerprint density at radius 1 is 0.774 bits per heavy atom. The molecule has 0 aromatic carbocycles. The van der Waals surface area contributed by atoms with E-state index in [4.69, 9.17) is 31.3 Å². The molecule has 0 aromatic rings. The van der Waals surface area contributed by atoms with Crippen molar-refractivity contribution in [3.63, 3.8) is 0 Å². The van der Waals surface area contributed by atoms with Crippen LogP contribution in [0.2, 0.25) is 0 Å². The first-order chi connectivity index (χ1) is 14.7. The number of hydrogen-bond donors (Lipinski definition) is 2. The van der Waals surface area contributed by atoms with Crippen LogP contribution in [0.25, 0.3) is 0 Å². The molecule has 2 heterocycles. The maximum absolute atomic E-state index is 11.0. The molecule has 12 heteroatoms. The fraction of sp³-hybridized carbons (Fsp3) is 0.526. The van der Waals surface area contributed by atoms with E-state index in [0.29, 0.717) is 0 Å². The van der Waals surface area contributed by atoms with Crippen LogP contribution in [-0.2, 0) is 23.9 Å². The summed E-state index contributed by atoms with van der Waals surface area (Å²) < 4.78 is 10.1. The lowest BCUT2D eigenvalue weighted by Crippen LogP contribution is -2.36. The van der Waals surface area contributed by atoms with E-state index in [0.717, 1.165) is 41.2 Å². The molecule has 2 saturated heterocycles. The normalized spacial score (nSPS) is 17.6. The van der Waals surface area contributed by atoms with Gasteiger partial charge in [0.05, 0.1) is 18.6 Å². The first-order valence-corrected chi connectivity index (χ1v) is 14.2. The Morgan fingerprint density at radius 2 is 1.10 bits per heavy atom. The number of ether oxygens (including phenoxy) is 2. The summed E-state index contributed by atoms with van der Waals surface area (Å²) >= 11 is 4.71. The minimum absolute atomic E-state index is 0.115. The van der Waals surface area contributed by atoms with Gasteiger partial charge in [0.25, 0.3) is 0 Å². The second-order valence-corrected chi connectivity index (χ2v) is 11.8. The monoisotopic (exact) mass is 530 g/mol. The smallest absolute Gasteiger partial charge is 0.330 e. The number of hydrogen-bond acceptors (Lipinski definition) is 11. The Hall–Kier alpha value is -0.560. The number of rotatable bonds is 9. The van der Waals surface area contributed by atoms with Crippen LogP contribution in [0.1, 0.15) is 0 Å². The number of carbonyl (C=O) groups is 3. The fourth-order valence-electron chi connectivity index (χ4n) is 1.76. The van der Waals surface area contributed by atoms with Crippen molar-refractivity contribution in [2.45, 2.75) is 0 Å². The molecule has 2 aliphatic heterocycles. The third kappa shape index (κ3) is 12.9. The van der Waals surface area contributed by atoms with Gasteiger partial charge in [-0.1, -0.05) is 62.9 Å². The Kier molecular flexibility index (Phi) is 16.7. The molecule has 0 unspecified atom stereocenters. The van der Waals surface area contributed by atoms with Crippen LogP contribution < -0.4 is 0 Å².